The summed E-state index contributed by atoms with van der Waals surface area (Å²) in [6.07, 6.45) is 2.64. The van der Waals surface area contributed by atoms with E-state index in [0.717, 1.165) is 25.5 Å². The van der Waals surface area contributed by atoms with Gasteiger partial charge in [-0.05, 0) is 7.05 Å². The van der Waals surface area contributed by atoms with Gasteiger partial charge >= 0.3 is 0 Å². The molecule has 54 valence electrons. The fraction of sp³-hybridized carbons (Fsp3) is 0.667. The number of fused-ring (bicyclic) bond motifs is 1. The molecule has 1 aromatic rings. The monoisotopic (exact) mass is 138 g/mol. The summed E-state index contributed by atoms with van der Waals surface area (Å²) in [5.74, 6) is 1.11. The smallest absolute Gasteiger partial charge is 0.138 e. The first kappa shape index (κ1) is 5.85. The molecule has 1 aliphatic heterocycles. The van der Waals surface area contributed by atoms with Gasteiger partial charge in [0.15, 0.2) is 0 Å². The average Bonchev–Trinajstić information content (AvgIpc) is 2.33. The highest BCUT2D eigenvalue weighted by Gasteiger charge is 2.12. The molecule has 0 N–H and O–H groups in total. The SMILES string of the molecule is CN1CCc2ncnn2C1. The molecule has 2 heterocycles. The zero-order valence-corrected chi connectivity index (χ0v) is 5.99. The van der Waals surface area contributed by atoms with Crippen LogP contribution in [0.2, 0.25) is 0 Å². The van der Waals surface area contributed by atoms with Gasteiger partial charge in [-0.15, -0.1) is 0 Å². The fourth-order valence-corrected chi connectivity index (χ4v) is 1.19. The second-order valence-electron chi connectivity index (χ2n) is 2.65. The van der Waals surface area contributed by atoms with Gasteiger partial charge in [0.25, 0.3) is 0 Å². The molecule has 0 saturated heterocycles. The van der Waals surface area contributed by atoms with Crippen molar-refractivity contribution in [3.8, 4) is 0 Å². The van der Waals surface area contributed by atoms with Crippen molar-refractivity contribution in [2.45, 2.75) is 13.1 Å². The number of aromatic nitrogens is 3. The van der Waals surface area contributed by atoms with Crippen LogP contribution in [0.25, 0.3) is 0 Å². The highest BCUT2D eigenvalue weighted by molar-refractivity contribution is 4.88. The third-order valence-electron chi connectivity index (χ3n) is 1.79. The van der Waals surface area contributed by atoms with Crippen LogP contribution in [-0.2, 0) is 13.1 Å². The van der Waals surface area contributed by atoms with Gasteiger partial charge in [0.05, 0.1) is 6.67 Å². The zero-order chi connectivity index (χ0) is 6.97. The van der Waals surface area contributed by atoms with Crippen molar-refractivity contribution in [2.75, 3.05) is 13.6 Å². The van der Waals surface area contributed by atoms with E-state index in [0.29, 0.717) is 0 Å². The lowest BCUT2D eigenvalue weighted by molar-refractivity contribution is 0.221. The molecule has 2 rings (SSSR count). The van der Waals surface area contributed by atoms with Crippen molar-refractivity contribution in [1.82, 2.24) is 19.7 Å². The fourth-order valence-electron chi connectivity index (χ4n) is 1.19. The van der Waals surface area contributed by atoms with Gasteiger partial charge in [0, 0.05) is 13.0 Å². The third kappa shape index (κ3) is 0.806. The lowest BCUT2D eigenvalue weighted by Crippen LogP contribution is -2.31. The summed E-state index contributed by atoms with van der Waals surface area (Å²) >= 11 is 0. The van der Waals surface area contributed by atoms with E-state index >= 15 is 0 Å². The Kier molecular flexibility index (Phi) is 1.20. The van der Waals surface area contributed by atoms with Gasteiger partial charge < -0.3 is 0 Å². The molecule has 0 aliphatic carbocycles. The van der Waals surface area contributed by atoms with Crippen LogP contribution >= 0.6 is 0 Å². The Hall–Kier alpha value is -0.900. The first-order valence-electron chi connectivity index (χ1n) is 3.41. The van der Waals surface area contributed by atoms with Crippen molar-refractivity contribution in [1.29, 1.82) is 0 Å². The lowest BCUT2D eigenvalue weighted by atomic mass is 10.3. The van der Waals surface area contributed by atoms with Gasteiger partial charge in [-0.1, -0.05) is 0 Å². The van der Waals surface area contributed by atoms with E-state index in [1.165, 1.54) is 0 Å². The molecule has 1 aromatic heterocycles. The maximum absolute atomic E-state index is 4.12. The molecule has 0 aromatic carbocycles. The van der Waals surface area contributed by atoms with Gasteiger partial charge in [-0.2, -0.15) is 5.10 Å². The summed E-state index contributed by atoms with van der Waals surface area (Å²) in [6.45, 7) is 1.98. The highest BCUT2D eigenvalue weighted by atomic mass is 15.4. The number of hydrogen-bond donors (Lipinski definition) is 0. The minimum absolute atomic E-state index is 0.884. The molecule has 0 amide bonds. The quantitative estimate of drug-likeness (QED) is 0.494. The highest BCUT2D eigenvalue weighted by Crippen LogP contribution is 2.04. The Morgan fingerprint density at radius 1 is 1.60 bits per heavy atom. The molecule has 1 aliphatic rings. The molecule has 0 atom stereocenters. The van der Waals surface area contributed by atoms with Crippen molar-refractivity contribution in [3.63, 3.8) is 0 Å². The average molecular weight is 138 g/mol. The number of rotatable bonds is 0. The molecule has 4 nitrogen and oxygen atoms in total. The van der Waals surface area contributed by atoms with Crippen LogP contribution in [0.15, 0.2) is 6.33 Å². The lowest BCUT2D eigenvalue weighted by Gasteiger charge is -2.21. The molecular weight excluding hydrogens is 128 g/mol. The van der Waals surface area contributed by atoms with Crippen LogP contribution in [0.5, 0.6) is 0 Å². The van der Waals surface area contributed by atoms with E-state index in [1.54, 1.807) is 6.33 Å². The summed E-state index contributed by atoms with van der Waals surface area (Å²) < 4.78 is 1.93. The Labute approximate surface area is 59.5 Å². The zero-order valence-electron chi connectivity index (χ0n) is 5.99. The van der Waals surface area contributed by atoms with Crippen LogP contribution in [0.1, 0.15) is 5.82 Å². The number of likely N-dealkylation sites (N-methyl/N-ethyl adjacent to an activating group) is 1. The van der Waals surface area contributed by atoms with Gasteiger partial charge in [-0.3, -0.25) is 4.90 Å². The topological polar surface area (TPSA) is 34.0 Å². The van der Waals surface area contributed by atoms with Crippen molar-refractivity contribution < 1.29 is 0 Å². The second-order valence-corrected chi connectivity index (χ2v) is 2.65. The molecular formula is C6H10N4. The first-order chi connectivity index (χ1) is 4.86. The van der Waals surface area contributed by atoms with E-state index < -0.39 is 0 Å². The minimum Gasteiger partial charge on any atom is -0.287 e. The number of hydrogen-bond acceptors (Lipinski definition) is 3. The second kappa shape index (κ2) is 2.05. The maximum atomic E-state index is 4.12. The van der Waals surface area contributed by atoms with Gasteiger partial charge in [0.2, 0.25) is 0 Å². The van der Waals surface area contributed by atoms with Crippen LogP contribution < -0.4 is 0 Å². The molecule has 0 saturated carbocycles. The Morgan fingerprint density at radius 3 is 3.40 bits per heavy atom. The summed E-state index contributed by atoms with van der Waals surface area (Å²) in [6, 6.07) is 0. The first-order valence-corrected chi connectivity index (χ1v) is 3.41. The van der Waals surface area contributed by atoms with Crippen LogP contribution in [0.4, 0.5) is 0 Å². The third-order valence-corrected chi connectivity index (χ3v) is 1.79. The number of nitrogens with zero attached hydrogens (tertiary/aromatic N) is 4. The molecule has 10 heavy (non-hydrogen) atoms. The van der Waals surface area contributed by atoms with E-state index in [1.807, 2.05) is 4.68 Å². The van der Waals surface area contributed by atoms with Crippen molar-refractivity contribution in [2.24, 2.45) is 0 Å². The predicted molar refractivity (Wildman–Crippen MR) is 36.4 cm³/mol. The van der Waals surface area contributed by atoms with Crippen LogP contribution in [0, 0.1) is 0 Å². The van der Waals surface area contributed by atoms with Crippen LogP contribution in [-0.4, -0.2) is 33.3 Å². The largest absolute Gasteiger partial charge is 0.287 e. The minimum atomic E-state index is 0.884. The van der Waals surface area contributed by atoms with Gasteiger partial charge in [0.1, 0.15) is 12.2 Å². The normalized spacial score (nSPS) is 18.9. The van der Waals surface area contributed by atoms with E-state index in [-0.39, 0.29) is 0 Å². The Balaban J connectivity index is 2.30. The molecule has 0 unspecified atom stereocenters. The van der Waals surface area contributed by atoms with Gasteiger partial charge in [-0.25, -0.2) is 9.67 Å². The summed E-state index contributed by atoms with van der Waals surface area (Å²) in [4.78, 5) is 6.34. The standard InChI is InChI=1S/C6H10N4/c1-9-3-2-6-7-4-8-10(6)5-9/h4H,2-3,5H2,1H3. The summed E-state index contributed by atoms with van der Waals surface area (Å²) in [5, 5.41) is 4.07. The summed E-state index contributed by atoms with van der Waals surface area (Å²) in [7, 11) is 2.09. The van der Waals surface area contributed by atoms with E-state index in [2.05, 4.69) is 22.0 Å². The molecule has 4 heteroatoms. The Bertz CT molecular complexity index is 229. The molecule has 0 fully saturated rings. The Morgan fingerprint density at radius 2 is 2.50 bits per heavy atom. The maximum Gasteiger partial charge on any atom is 0.138 e. The predicted octanol–water partition coefficient (Wildman–Crippen LogP) is -0.277. The molecule has 0 bridgehead atoms. The van der Waals surface area contributed by atoms with Crippen molar-refractivity contribution >= 4 is 0 Å². The summed E-state index contributed by atoms with van der Waals surface area (Å²) in [5.41, 5.74) is 0. The van der Waals surface area contributed by atoms with Crippen molar-refractivity contribution in [3.05, 3.63) is 12.2 Å². The van der Waals surface area contributed by atoms with E-state index in [9.17, 15) is 0 Å². The molecule has 0 spiro atoms. The molecule has 0 radical (unpaired) electrons. The van der Waals surface area contributed by atoms with E-state index in [4.69, 9.17) is 0 Å². The van der Waals surface area contributed by atoms with Crippen LogP contribution in [0.3, 0.4) is 0 Å².